The molecule has 9 nitrogen and oxygen atoms in total. The summed E-state index contributed by atoms with van der Waals surface area (Å²) in [5, 5.41) is 5.04. The van der Waals surface area contributed by atoms with E-state index in [-0.39, 0.29) is 12.4 Å². The lowest BCUT2D eigenvalue weighted by Gasteiger charge is -2.27. The van der Waals surface area contributed by atoms with Gasteiger partial charge in [0, 0.05) is 30.9 Å². The summed E-state index contributed by atoms with van der Waals surface area (Å²) in [6, 6.07) is 3.82. The van der Waals surface area contributed by atoms with E-state index >= 15 is 0 Å². The maximum atomic E-state index is 12.3. The third kappa shape index (κ3) is 4.42. The molecule has 0 fully saturated rings. The summed E-state index contributed by atoms with van der Waals surface area (Å²) in [5.74, 6) is 0.269. The highest BCUT2D eigenvalue weighted by Gasteiger charge is 2.31. The van der Waals surface area contributed by atoms with Crippen LogP contribution in [0.1, 0.15) is 31.2 Å². The smallest absolute Gasteiger partial charge is 0.233 e. The molecule has 0 saturated carbocycles. The molecule has 0 atom stereocenters. The van der Waals surface area contributed by atoms with Crippen LogP contribution in [0.3, 0.4) is 0 Å². The van der Waals surface area contributed by atoms with E-state index < -0.39 is 10.0 Å². The zero-order chi connectivity index (χ0) is 22.0. The molecular formula is C20H22N6O3S2. The minimum absolute atomic E-state index is 0.249. The lowest BCUT2D eigenvalue weighted by molar-refractivity contribution is 0.144. The highest BCUT2D eigenvalue weighted by molar-refractivity contribution is 7.92. The number of rotatable bonds is 6. The van der Waals surface area contributed by atoms with Gasteiger partial charge in [0.05, 0.1) is 23.0 Å². The Morgan fingerprint density at radius 3 is 2.84 bits per heavy atom. The second-order valence-corrected chi connectivity index (χ2v) is 9.96. The largest absolute Gasteiger partial charge is 0.396 e. The fraction of sp³-hybridized carbons (Fsp3) is 0.350. The molecule has 0 bridgehead atoms. The van der Waals surface area contributed by atoms with Gasteiger partial charge in [-0.25, -0.2) is 23.4 Å². The van der Waals surface area contributed by atoms with E-state index in [1.165, 1.54) is 15.6 Å². The number of hydrogen-bond donors (Lipinski definition) is 0. The van der Waals surface area contributed by atoms with Gasteiger partial charge < -0.3 is 4.84 Å². The lowest BCUT2D eigenvalue weighted by Crippen LogP contribution is -2.38. The molecule has 0 N–H and O–H groups in total. The van der Waals surface area contributed by atoms with Crippen LogP contribution in [-0.2, 0) is 14.9 Å². The van der Waals surface area contributed by atoms with E-state index in [0.29, 0.717) is 30.1 Å². The third-order valence-corrected chi connectivity index (χ3v) is 7.01. The van der Waals surface area contributed by atoms with Crippen LogP contribution in [0, 0.1) is 6.92 Å². The van der Waals surface area contributed by atoms with Gasteiger partial charge in [0.1, 0.15) is 28.7 Å². The maximum Gasteiger partial charge on any atom is 0.233 e. The normalized spacial score (nSPS) is 15.2. The molecule has 1 aliphatic heterocycles. The molecule has 162 valence electrons. The number of oxime groups is 1. The number of hydrogen-bond acceptors (Lipinski definition) is 9. The Kier molecular flexibility index (Phi) is 5.96. The molecule has 11 heteroatoms. The number of anilines is 1. The number of pyridine rings is 1. The standard InChI is InChI=1S/C20H22N6O3S2/c1-4-10-29-25-15-7-9-26(31(3,27)28)19-17(15)24-16(12-22-19)18-13(2)23-20(30-18)14-6-5-8-21-11-14/h5-6,8,11-12H,4,7,9-10H2,1-3H3/b25-15+. The van der Waals surface area contributed by atoms with Crippen molar-refractivity contribution in [2.45, 2.75) is 26.7 Å². The van der Waals surface area contributed by atoms with Gasteiger partial charge in [0.25, 0.3) is 0 Å². The van der Waals surface area contributed by atoms with Crippen molar-refractivity contribution in [1.82, 2.24) is 19.9 Å². The Morgan fingerprint density at radius 2 is 2.13 bits per heavy atom. The molecule has 0 unspecified atom stereocenters. The topological polar surface area (TPSA) is 111 Å². The molecule has 0 radical (unpaired) electrons. The van der Waals surface area contributed by atoms with Crippen molar-refractivity contribution in [1.29, 1.82) is 0 Å². The SMILES string of the molecule is CCCO/N=C1\CCN(S(C)(=O)=O)c2ncc(-c3sc(-c4cccnc4)nc3C)nc21. The van der Waals surface area contributed by atoms with E-state index in [2.05, 4.69) is 20.1 Å². The summed E-state index contributed by atoms with van der Waals surface area (Å²) in [5.41, 5.74) is 3.36. The summed E-state index contributed by atoms with van der Waals surface area (Å²) in [4.78, 5) is 24.2. The first-order chi connectivity index (χ1) is 14.9. The van der Waals surface area contributed by atoms with Gasteiger partial charge in [-0.1, -0.05) is 12.1 Å². The Morgan fingerprint density at radius 1 is 1.29 bits per heavy atom. The first kappa shape index (κ1) is 21.3. The summed E-state index contributed by atoms with van der Waals surface area (Å²) >= 11 is 1.49. The van der Waals surface area contributed by atoms with Crippen molar-refractivity contribution in [3.05, 3.63) is 42.1 Å². The van der Waals surface area contributed by atoms with Gasteiger partial charge in [0.2, 0.25) is 10.0 Å². The van der Waals surface area contributed by atoms with E-state index in [1.807, 2.05) is 26.0 Å². The first-order valence-electron chi connectivity index (χ1n) is 9.80. The zero-order valence-electron chi connectivity index (χ0n) is 17.4. The van der Waals surface area contributed by atoms with Crippen molar-refractivity contribution >= 4 is 32.9 Å². The van der Waals surface area contributed by atoms with E-state index in [9.17, 15) is 8.42 Å². The molecule has 1 aliphatic rings. The number of fused-ring (bicyclic) bond motifs is 1. The lowest BCUT2D eigenvalue weighted by atomic mass is 10.1. The average molecular weight is 459 g/mol. The number of thiazole rings is 1. The van der Waals surface area contributed by atoms with Crippen LogP contribution in [-0.4, -0.2) is 53.5 Å². The average Bonchev–Trinajstić information content (AvgIpc) is 3.15. The van der Waals surface area contributed by atoms with E-state index in [4.69, 9.17) is 9.82 Å². The highest BCUT2D eigenvalue weighted by Crippen LogP contribution is 2.35. The van der Waals surface area contributed by atoms with Crippen molar-refractivity contribution in [3.8, 4) is 21.1 Å². The number of aromatic nitrogens is 4. The fourth-order valence-electron chi connectivity index (χ4n) is 3.17. The predicted molar refractivity (Wildman–Crippen MR) is 121 cm³/mol. The molecule has 0 saturated heterocycles. The van der Waals surface area contributed by atoms with Gasteiger partial charge in [-0.05, 0) is 25.5 Å². The van der Waals surface area contributed by atoms with Gasteiger partial charge in [0.15, 0.2) is 5.82 Å². The van der Waals surface area contributed by atoms with Gasteiger partial charge in [-0.2, -0.15) is 0 Å². The Hall–Kier alpha value is -2.92. The molecule has 4 rings (SSSR count). The van der Waals surface area contributed by atoms with Crippen molar-refractivity contribution in [2.75, 3.05) is 23.7 Å². The quantitative estimate of drug-likeness (QED) is 0.412. The Labute approximate surface area is 184 Å². The van der Waals surface area contributed by atoms with E-state index in [1.54, 1.807) is 18.6 Å². The molecule has 0 spiro atoms. The number of aryl methyl sites for hydroxylation is 1. The molecule has 0 amide bonds. The van der Waals surface area contributed by atoms with E-state index in [0.717, 1.165) is 33.8 Å². The number of sulfonamides is 1. The van der Waals surface area contributed by atoms with Crippen LogP contribution in [0.15, 0.2) is 35.9 Å². The highest BCUT2D eigenvalue weighted by atomic mass is 32.2. The predicted octanol–water partition coefficient (Wildman–Crippen LogP) is 3.27. The second kappa shape index (κ2) is 8.67. The Bertz CT molecular complexity index is 1220. The molecule has 0 aliphatic carbocycles. The summed E-state index contributed by atoms with van der Waals surface area (Å²) in [7, 11) is -3.49. The molecule has 3 aromatic heterocycles. The van der Waals surface area contributed by atoms with Crippen molar-refractivity contribution in [3.63, 3.8) is 0 Å². The summed E-state index contributed by atoms with van der Waals surface area (Å²) in [6.45, 7) is 4.63. The molecular weight excluding hydrogens is 436 g/mol. The minimum Gasteiger partial charge on any atom is -0.396 e. The van der Waals surface area contributed by atoms with Crippen molar-refractivity contribution < 1.29 is 13.3 Å². The number of nitrogens with zero attached hydrogens (tertiary/aromatic N) is 6. The summed E-state index contributed by atoms with van der Waals surface area (Å²) < 4.78 is 25.8. The monoisotopic (exact) mass is 458 g/mol. The van der Waals surface area contributed by atoms with Crippen LogP contribution in [0.4, 0.5) is 5.82 Å². The molecule has 4 heterocycles. The van der Waals surface area contributed by atoms with Crippen LogP contribution in [0.2, 0.25) is 0 Å². The van der Waals surface area contributed by atoms with Crippen LogP contribution < -0.4 is 4.31 Å². The van der Waals surface area contributed by atoms with Crippen molar-refractivity contribution in [2.24, 2.45) is 5.16 Å². The Balaban J connectivity index is 1.79. The molecule has 31 heavy (non-hydrogen) atoms. The van der Waals surface area contributed by atoms with Crippen LogP contribution in [0.5, 0.6) is 0 Å². The molecule has 0 aromatic carbocycles. The maximum absolute atomic E-state index is 12.3. The van der Waals surface area contributed by atoms with Gasteiger partial charge in [-0.15, -0.1) is 11.3 Å². The fourth-order valence-corrected chi connectivity index (χ4v) is 5.05. The summed E-state index contributed by atoms with van der Waals surface area (Å²) in [6.07, 6.45) is 7.44. The van der Waals surface area contributed by atoms with Crippen LogP contribution >= 0.6 is 11.3 Å². The zero-order valence-corrected chi connectivity index (χ0v) is 19.1. The second-order valence-electron chi connectivity index (χ2n) is 7.06. The third-order valence-electron chi connectivity index (χ3n) is 4.62. The van der Waals surface area contributed by atoms with Crippen LogP contribution in [0.25, 0.3) is 21.1 Å². The van der Waals surface area contributed by atoms with Gasteiger partial charge >= 0.3 is 0 Å². The van der Waals surface area contributed by atoms with Gasteiger partial charge in [-0.3, -0.25) is 9.29 Å². The minimum atomic E-state index is -3.49. The molecule has 3 aromatic rings. The first-order valence-corrected chi connectivity index (χ1v) is 12.5.